The number of carboxylic acid groups (broad SMARTS) is 1. The van der Waals surface area contributed by atoms with Crippen LogP contribution in [0.15, 0.2) is 121 Å². The molecule has 0 saturated carbocycles. The van der Waals surface area contributed by atoms with Crippen LogP contribution in [-0.4, -0.2) is 277 Å². The number of thioether (sulfide) groups is 1. The minimum atomic E-state index is -1.92. The highest BCUT2D eigenvalue weighted by molar-refractivity contribution is 8.00. The summed E-state index contributed by atoms with van der Waals surface area (Å²) in [5, 5.41) is 55.7. The average molecular weight is 1870 g/mol. The highest BCUT2D eigenvalue weighted by Gasteiger charge is 2.46. The molecule has 718 valence electrons. The van der Waals surface area contributed by atoms with E-state index in [1.807, 2.05) is 0 Å². The molecule has 3 saturated heterocycles. The van der Waals surface area contributed by atoms with Gasteiger partial charge in [0.1, 0.15) is 90.1 Å². The SMILES string of the molecule is CCCC[C@H]1C(=O)N2CCC[C@@H]2C(=O)N[C@@H](CO)C(=O)N[C@H](C(C)C)C(=O)N(C)[C@@H](Cc2ccccc2)C(=O)N[C@@H](CCC(=O)O)C(=O)N2CCCC[C@@H]2C(=O)N[C@H](Cc2c[nH]c3ccccc23)C(=O)N[C@@H](Cc2ccc(O)cc2)C(=O)N[C@@H](CC(C)C)C(=O)N[C@H](C(=O)NCC(N)=O)CSCC(=O)N[C@@H](Cc2cc(F)c(F)c(F)c2)C(=O)N(C)[C@@H](Cc2ccc(F)cc2)C(=O)N1C. The number of aromatic nitrogens is 1. The second-order valence-corrected chi connectivity index (χ2v) is 35.5. The first-order chi connectivity index (χ1) is 63.2. The number of carbonyl (C=O) groups excluding carboxylic acids is 15. The van der Waals surface area contributed by atoms with E-state index >= 15 is 56.7 Å². The van der Waals surface area contributed by atoms with Crippen LogP contribution in [0.2, 0.25) is 0 Å². The number of unbranched alkanes of at least 4 members (excludes halogenated alkanes) is 1. The highest BCUT2D eigenvalue weighted by atomic mass is 32.2. The van der Waals surface area contributed by atoms with E-state index in [0.29, 0.717) is 70.8 Å². The van der Waals surface area contributed by atoms with Crippen LogP contribution in [0.1, 0.15) is 133 Å². The van der Waals surface area contributed by atoms with Crippen LogP contribution in [-0.2, 0) is 109 Å². The number of H-pyrrole nitrogens is 1. The van der Waals surface area contributed by atoms with Gasteiger partial charge in [-0.3, -0.25) is 76.7 Å². The van der Waals surface area contributed by atoms with Gasteiger partial charge in [0.15, 0.2) is 17.5 Å². The van der Waals surface area contributed by atoms with Gasteiger partial charge in [0.25, 0.3) is 0 Å². The van der Waals surface area contributed by atoms with Crippen LogP contribution < -0.4 is 53.6 Å². The fraction of sp³-hybridized carbons (Fsp3) is 0.484. The lowest BCUT2D eigenvalue weighted by molar-refractivity contribution is -0.152. The molecule has 0 radical (unpaired) electrons. The Morgan fingerprint density at radius 2 is 1.06 bits per heavy atom. The summed E-state index contributed by atoms with van der Waals surface area (Å²) in [5.74, 6) is -24.9. The topological polar surface area (TPSA) is 500 Å². The molecular weight excluding hydrogens is 1750 g/mol. The largest absolute Gasteiger partial charge is 0.508 e. The monoisotopic (exact) mass is 1870 g/mol. The first kappa shape index (κ1) is 104. The minimum absolute atomic E-state index is 0.0186. The van der Waals surface area contributed by atoms with Gasteiger partial charge in [-0.25, -0.2) is 17.6 Å². The van der Waals surface area contributed by atoms with Crippen molar-refractivity contribution in [1.82, 2.24) is 77.3 Å². The third-order valence-electron chi connectivity index (χ3n) is 23.8. The lowest BCUT2D eigenvalue weighted by Gasteiger charge is -2.38. The fourth-order valence-electron chi connectivity index (χ4n) is 16.4. The number of para-hydroxylation sites is 1. The molecule has 133 heavy (non-hydrogen) atoms. The number of aliphatic carboxylic acids is 1. The summed E-state index contributed by atoms with van der Waals surface area (Å²) in [4.78, 5) is 245. The number of hydrogen-bond acceptors (Lipinski definition) is 19. The molecule has 0 spiro atoms. The predicted octanol–water partition coefficient (Wildman–Crippen LogP) is 2.77. The number of aliphatic hydroxyl groups is 1. The molecule has 9 rings (SSSR count). The van der Waals surface area contributed by atoms with E-state index in [-0.39, 0.29) is 82.2 Å². The zero-order chi connectivity index (χ0) is 97.2. The molecule has 0 bridgehead atoms. The molecule has 5 aromatic carbocycles. The Morgan fingerprint density at radius 1 is 0.526 bits per heavy atom. The number of carboxylic acids is 1. The summed E-state index contributed by atoms with van der Waals surface area (Å²) in [7, 11) is 3.65. The molecule has 35 nitrogen and oxygen atoms in total. The number of aromatic hydroxyl groups is 1. The maximum absolute atomic E-state index is 15.6. The number of fused-ring (bicyclic) bond motifs is 3. The zero-order valence-corrected chi connectivity index (χ0v) is 76.2. The Balaban J connectivity index is 1.13. The molecule has 13 atom stereocenters. The van der Waals surface area contributed by atoms with E-state index in [4.69, 9.17) is 5.73 Å². The maximum Gasteiger partial charge on any atom is 0.303 e. The smallest absolute Gasteiger partial charge is 0.303 e. The summed E-state index contributed by atoms with van der Waals surface area (Å²) in [6.07, 6.45) is -0.600. The molecule has 3 fully saturated rings. The number of phenols is 1. The van der Waals surface area contributed by atoms with Gasteiger partial charge in [-0.1, -0.05) is 120 Å². The summed E-state index contributed by atoms with van der Waals surface area (Å²) in [5.41, 5.74) is 7.21. The Bertz CT molecular complexity index is 5150. The lowest BCUT2D eigenvalue weighted by Crippen LogP contribution is -2.63. The number of amides is 15. The number of benzene rings is 5. The maximum atomic E-state index is 15.6. The summed E-state index contributed by atoms with van der Waals surface area (Å²) in [6, 6.07) is 5.56. The number of carbonyl (C=O) groups is 16. The standard InChI is InChI=1S/C93H118F4N16O19S/c1-9-10-23-73-92(131)113-37-18-25-72(113)87(126)106-69(48-114)85(124)108-80(52(4)5)93(132)110(7)74(43-53-19-12-11-13-20-53)88(127)102-64(34-35-78(118)119)90(129)112-36-17-16-24-71(112)86(125)105-67(45-57-46-99-63-22-15-14-21-60(57)63)84(123)104-66(41-54-28-32-59(115)33-29-54)83(122)103-65(38-51(2)3)82(121)107-70(81(120)100-47-76(98)116)49-133-50-77(117)101-68(42-56-39-61(95)79(97)62(96)40-56)89(128)111(8)75(91(130)109(73)6)44-55-26-30-58(94)31-27-55/h11-15,19-22,26-33,39-40,46,51-52,64-75,80,99,114-115H,9-10,16-18,23-25,34-38,41-45,47-50H2,1-8H3,(H2,98,116)(H,100,120)(H,101,117)(H,102,127)(H,103,122)(H,104,123)(H,105,125)(H,106,126)(H,107,121)(H,108,124)(H,118,119)/t64-,65-,66-,67+,68-,69-,70-,71+,72+,73-,74-,75-,80+/m0/s1. The average Bonchev–Trinajstić information content (AvgIpc) is 1.74. The van der Waals surface area contributed by atoms with Gasteiger partial charge in [0, 0.05) is 95.6 Å². The van der Waals surface area contributed by atoms with Gasteiger partial charge in [0.2, 0.25) is 88.6 Å². The quantitative estimate of drug-likeness (QED) is 0.0324. The number of nitrogens with one attached hydrogen (secondary N) is 10. The number of primary amides is 1. The first-order valence-corrected chi connectivity index (χ1v) is 45.5. The van der Waals surface area contributed by atoms with Crippen LogP contribution in [0.3, 0.4) is 0 Å². The van der Waals surface area contributed by atoms with E-state index in [9.17, 15) is 52.9 Å². The number of nitrogens with two attached hydrogens (primary N) is 1. The van der Waals surface area contributed by atoms with Gasteiger partial charge in [-0.2, -0.15) is 0 Å². The molecule has 15 amide bonds. The Morgan fingerprint density at radius 3 is 1.69 bits per heavy atom. The first-order valence-electron chi connectivity index (χ1n) is 44.3. The second kappa shape index (κ2) is 48.9. The van der Waals surface area contributed by atoms with E-state index in [0.717, 1.165) is 38.8 Å². The molecule has 40 heteroatoms. The molecule has 3 aliphatic rings. The number of aromatic amines is 1. The molecule has 6 aromatic rings. The molecular formula is C93H118F4N16O19S. The number of rotatable bonds is 23. The zero-order valence-electron chi connectivity index (χ0n) is 75.4. The van der Waals surface area contributed by atoms with Crippen molar-refractivity contribution in [1.29, 1.82) is 0 Å². The molecule has 1 aromatic heterocycles. The third-order valence-corrected chi connectivity index (χ3v) is 24.8. The van der Waals surface area contributed by atoms with Crippen molar-refractivity contribution in [3.63, 3.8) is 0 Å². The summed E-state index contributed by atoms with van der Waals surface area (Å²) >= 11 is 0.650. The number of hydrogen-bond donors (Lipinski definition) is 14. The number of halogens is 4. The fourth-order valence-corrected chi connectivity index (χ4v) is 17.3. The van der Waals surface area contributed by atoms with E-state index in [2.05, 4.69) is 52.8 Å². The highest BCUT2D eigenvalue weighted by Crippen LogP contribution is 2.29. The second-order valence-electron chi connectivity index (χ2n) is 34.5. The predicted molar refractivity (Wildman–Crippen MR) is 481 cm³/mol. The van der Waals surface area contributed by atoms with Crippen LogP contribution in [0.4, 0.5) is 17.6 Å². The number of aliphatic hydroxyl groups excluding tert-OH is 1. The van der Waals surface area contributed by atoms with E-state index in [1.165, 1.54) is 55.4 Å². The van der Waals surface area contributed by atoms with Crippen molar-refractivity contribution < 1.29 is 110 Å². The van der Waals surface area contributed by atoms with Gasteiger partial charge in [-0.05, 0) is 133 Å². The third kappa shape index (κ3) is 28.8. The number of likely N-dealkylation sites (N-methyl/N-ethyl adjacent to an activating group) is 3. The van der Waals surface area contributed by atoms with Crippen LogP contribution in [0, 0.1) is 35.1 Å². The molecule has 15 N–H and O–H groups in total. The lowest BCUT2D eigenvalue weighted by atomic mass is 9.97. The van der Waals surface area contributed by atoms with E-state index in [1.54, 1.807) is 95.4 Å². The normalized spacial score (nSPS) is 23.7. The van der Waals surface area contributed by atoms with Crippen molar-refractivity contribution in [3.8, 4) is 5.75 Å². The van der Waals surface area contributed by atoms with Crippen LogP contribution in [0.25, 0.3) is 10.9 Å². The van der Waals surface area contributed by atoms with Gasteiger partial charge >= 0.3 is 5.97 Å². The molecule has 0 unspecified atom stereocenters. The molecule has 3 aliphatic heterocycles. The van der Waals surface area contributed by atoms with Crippen molar-refractivity contribution in [2.45, 2.75) is 216 Å². The summed E-state index contributed by atoms with van der Waals surface area (Å²) in [6.45, 7) is 6.20. The number of phenolic OH excluding ortho intramolecular Hbond substituents is 1. The Kier molecular flexibility index (Phi) is 38.2. The summed E-state index contributed by atoms with van der Waals surface area (Å²) < 4.78 is 59.7. The molecule has 0 aliphatic carbocycles. The van der Waals surface area contributed by atoms with Crippen LogP contribution in [0.5, 0.6) is 5.75 Å². The van der Waals surface area contributed by atoms with Crippen molar-refractivity contribution in [2.75, 3.05) is 58.9 Å². The van der Waals surface area contributed by atoms with Crippen molar-refractivity contribution >= 4 is 117 Å². The number of nitrogens with zero attached hydrogens (tertiary/aromatic N) is 5. The van der Waals surface area contributed by atoms with Gasteiger partial charge in [-0.15, -0.1) is 11.8 Å². The van der Waals surface area contributed by atoms with Crippen molar-refractivity contribution in [3.05, 3.63) is 173 Å². The van der Waals surface area contributed by atoms with Gasteiger partial charge in [0.05, 0.1) is 18.9 Å². The van der Waals surface area contributed by atoms with Crippen molar-refractivity contribution in [2.24, 2.45) is 17.6 Å². The molecule has 4 heterocycles. The Hall–Kier alpha value is -13.0. The van der Waals surface area contributed by atoms with Gasteiger partial charge < -0.3 is 98.4 Å². The van der Waals surface area contributed by atoms with Crippen LogP contribution >= 0.6 is 11.8 Å². The van der Waals surface area contributed by atoms with E-state index < -0.39 is 264 Å². The number of piperidine rings is 1. The minimum Gasteiger partial charge on any atom is -0.508 e. The Labute approximate surface area is 771 Å².